The summed E-state index contributed by atoms with van der Waals surface area (Å²) >= 11 is 3.39. The van der Waals surface area contributed by atoms with Gasteiger partial charge in [-0.1, -0.05) is 46.3 Å². The maximum atomic E-state index is 12.9. The van der Waals surface area contributed by atoms with Gasteiger partial charge in [-0.3, -0.25) is 14.5 Å². The highest BCUT2D eigenvalue weighted by molar-refractivity contribution is 9.10. The Kier molecular flexibility index (Phi) is 5.41. The van der Waals surface area contributed by atoms with Crippen LogP contribution in [0.4, 0.5) is 5.69 Å². The number of nitrogens with zero attached hydrogens (tertiary/aromatic N) is 2. The number of imide groups is 1. The third kappa shape index (κ3) is 3.99. The molecular formula is C22H23BrN2O2. The van der Waals surface area contributed by atoms with E-state index < -0.39 is 0 Å². The van der Waals surface area contributed by atoms with Gasteiger partial charge in [0.2, 0.25) is 5.91 Å². The van der Waals surface area contributed by atoms with Gasteiger partial charge in [0.25, 0.3) is 5.91 Å². The summed E-state index contributed by atoms with van der Waals surface area (Å²) < 4.78 is 0.933. The van der Waals surface area contributed by atoms with Gasteiger partial charge < -0.3 is 0 Å². The molecular weight excluding hydrogens is 404 g/mol. The molecule has 2 aliphatic heterocycles. The summed E-state index contributed by atoms with van der Waals surface area (Å²) in [6, 6.07) is 17.6. The van der Waals surface area contributed by atoms with Crippen LogP contribution in [0.25, 0.3) is 0 Å². The monoisotopic (exact) mass is 426 g/mol. The zero-order valence-corrected chi connectivity index (χ0v) is 16.8. The van der Waals surface area contributed by atoms with Crippen molar-refractivity contribution in [2.24, 2.45) is 5.92 Å². The summed E-state index contributed by atoms with van der Waals surface area (Å²) in [7, 11) is 0. The van der Waals surface area contributed by atoms with Crippen molar-refractivity contribution in [3.63, 3.8) is 0 Å². The fraction of sp³-hybridized carbons (Fsp3) is 0.364. The molecule has 4 nitrogen and oxygen atoms in total. The van der Waals surface area contributed by atoms with Crippen LogP contribution in [0.2, 0.25) is 0 Å². The minimum Gasteiger partial charge on any atom is -0.292 e. The maximum Gasteiger partial charge on any atom is 0.251 e. The average Bonchev–Trinajstić information content (AvgIpc) is 2.98. The summed E-state index contributed by atoms with van der Waals surface area (Å²) in [6.45, 7) is 1.77. The quantitative estimate of drug-likeness (QED) is 0.692. The molecule has 0 N–H and O–H groups in total. The second kappa shape index (κ2) is 7.95. The van der Waals surface area contributed by atoms with E-state index in [0.717, 1.165) is 36.8 Å². The van der Waals surface area contributed by atoms with Crippen LogP contribution >= 0.6 is 15.9 Å². The number of benzene rings is 2. The predicted molar refractivity (Wildman–Crippen MR) is 109 cm³/mol. The van der Waals surface area contributed by atoms with E-state index in [4.69, 9.17) is 0 Å². The summed E-state index contributed by atoms with van der Waals surface area (Å²) in [4.78, 5) is 29.0. The minimum atomic E-state index is -0.307. The summed E-state index contributed by atoms with van der Waals surface area (Å²) in [5.41, 5.74) is 2.04. The zero-order chi connectivity index (χ0) is 18.8. The molecule has 0 radical (unpaired) electrons. The van der Waals surface area contributed by atoms with Crippen molar-refractivity contribution < 1.29 is 9.59 Å². The fourth-order valence-electron chi connectivity index (χ4n) is 4.18. The number of anilines is 1. The average molecular weight is 427 g/mol. The number of amides is 2. The van der Waals surface area contributed by atoms with Gasteiger partial charge in [-0.05, 0) is 68.1 Å². The molecule has 2 heterocycles. The van der Waals surface area contributed by atoms with Gasteiger partial charge >= 0.3 is 0 Å². The first-order chi connectivity index (χ1) is 13.1. The molecule has 140 valence electrons. The van der Waals surface area contributed by atoms with Gasteiger partial charge in [-0.2, -0.15) is 0 Å². The number of hydrogen-bond acceptors (Lipinski definition) is 3. The van der Waals surface area contributed by atoms with Crippen molar-refractivity contribution in [3.05, 3.63) is 64.6 Å². The Morgan fingerprint density at radius 3 is 2.26 bits per heavy atom. The minimum absolute atomic E-state index is 0.0798. The Balaban J connectivity index is 1.38. The molecule has 2 aliphatic rings. The lowest BCUT2D eigenvalue weighted by Gasteiger charge is -2.34. The smallest absolute Gasteiger partial charge is 0.251 e. The highest BCUT2D eigenvalue weighted by Crippen LogP contribution is 2.30. The Labute approximate surface area is 168 Å². The molecule has 2 aromatic rings. The lowest BCUT2D eigenvalue weighted by Crippen LogP contribution is -2.46. The van der Waals surface area contributed by atoms with E-state index in [1.54, 1.807) is 0 Å². The van der Waals surface area contributed by atoms with Crippen molar-refractivity contribution in [3.8, 4) is 0 Å². The number of rotatable bonds is 4. The topological polar surface area (TPSA) is 40.6 Å². The third-order valence-electron chi connectivity index (χ3n) is 5.66. The molecule has 27 heavy (non-hydrogen) atoms. The second-order valence-corrected chi connectivity index (χ2v) is 8.35. The lowest BCUT2D eigenvalue weighted by molar-refractivity contribution is -0.123. The van der Waals surface area contributed by atoms with E-state index >= 15 is 0 Å². The first-order valence-electron chi connectivity index (χ1n) is 9.52. The number of halogens is 1. The van der Waals surface area contributed by atoms with Crippen molar-refractivity contribution in [2.75, 3.05) is 18.0 Å². The van der Waals surface area contributed by atoms with Gasteiger partial charge in [0.15, 0.2) is 0 Å². The van der Waals surface area contributed by atoms with Crippen LogP contribution in [0.1, 0.15) is 24.8 Å². The SMILES string of the molecule is O=C1C[C@@H](N2CCC(Cc3ccccc3)CC2)C(=O)N1c1ccc(Br)cc1. The van der Waals surface area contributed by atoms with Crippen LogP contribution in [0, 0.1) is 5.92 Å². The van der Waals surface area contributed by atoms with Gasteiger partial charge in [0.05, 0.1) is 18.2 Å². The van der Waals surface area contributed by atoms with E-state index in [0.29, 0.717) is 11.6 Å². The van der Waals surface area contributed by atoms with Crippen LogP contribution in [-0.4, -0.2) is 35.8 Å². The Morgan fingerprint density at radius 1 is 0.926 bits per heavy atom. The molecule has 0 aliphatic carbocycles. The molecule has 0 bridgehead atoms. The Bertz CT molecular complexity index is 814. The number of carbonyl (C=O) groups is 2. The van der Waals surface area contributed by atoms with E-state index in [-0.39, 0.29) is 24.3 Å². The van der Waals surface area contributed by atoms with Gasteiger partial charge in [-0.25, -0.2) is 4.90 Å². The van der Waals surface area contributed by atoms with Crippen molar-refractivity contribution in [1.29, 1.82) is 0 Å². The number of carbonyl (C=O) groups excluding carboxylic acids is 2. The number of piperidine rings is 1. The van der Waals surface area contributed by atoms with Crippen LogP contribution in [0.5, 0.6) is 0 Å². The normalized spacial score (nSPS) is 21.8. The standard InChI is InChI=1S/C22H23BrN2O2/c23-18-6-8-19(9-7-18)25-21(26)15-20(22(25)27)24-12-10-17(11-13-24)14-16-4-2-1-3-5-16/h1-9,17,20H,10-15H2/t20-/m1/s1. The van der Waals surface area contributed by atoms with Crippen molar-refractivity contribution in [2.45, 2.75) is 31.7 Å². The predicted octanol–water partition coefficient (Wildman–Crippen LogP) is 4.04. The number of likely N-dealkylation sites (tertiary alicyclic amines) is 1. The largest absolute Gasteiger partial charge is 0.292 e. The molecule has 0 aromatic heterocycles. The van der Waals surface area contributed by atoms with E-state index in [1.165, 1.54) is 10.5 Å². The molecule has 2 amide bonds. The molecule has 2 fully saturated rings. The van der Waals surface area contributed by atoms with E-state index in [2.05, 4.69) is 45.1 Å². The first kappa shape index (κ1) is 18.4. The van der Waals surface area contributed by atoms with Crippen molar-refractivity contribution >= 4 is 33.4 Å². The van der Waals surface area contributed by atoms with Crippen molar-refractivity contribution in [1.82, 2.24) is 4.90 Å². The number of hydrogen-bond donors (Lipinski definition) is 0. The van der Waals surface area contributed by atoms with E-state index in [9.17, 15) is 9.59 Å². The van der Waals surface area contributed by atoms with Crippen LogP contribution < -0.4 is 4.90 Å². The van der Waals surface area contributed by atoms with Gasteiger partial charge in [0.1, 0.15) is 0 Å². The molecule has 1 atom stereocenters. The maximum absolute atomic E-state index is 12.9. The van der Waals surface area contributed by atoms with Gasteiger partial charge in [0, 0.05) is 4.47 Å². The molecule has 5 heteroatoms. The molecule has 0 unspecified atom stereocenters. The van der Waals surface area contributed by atoms with Crippen LogP contribution in [-0.2, 0) is 16.0 Å². The zero-order valence-electron chi connectivity index (χ0n) is 15.2. The highest BCUT2D eigenvalue weighted by Gasteiger charge is 2.43. The molecule has 4 rings (SSSR count). The lowest BCUT2D eigenvalue weighted by atomic mass is 9.89. The fourth-order valence-corrected chi connectivity index (χ4v) is 4.44. The molecule has 0 saturated carbocycles. The van der Waals surface area contributed by atoms with Gasteiger partial charge in [-0.15, -0.1) is 0 Å². The van der Waals surface area contributed by atoms with Crippen LogP contribution in [0.15, 0.2) is 59.1 Å². The Hall–Kier alpha value is -1.98. The molecule has 2 aromatic carbocycles. The highest BCUT2D eigenvalue weighted by atomic mass is 79.9. The molecule has 0 spiro atoms. The second-order valence-electron chi connectivity index (χ2n) is 7.43. The Morgan fingerprint density at radius 2 is 1.59 bits per heavy atom. The van der Waals surface area contributed by atoms with Crippen LogP contribution in [0.3, 0.4) is 0 Å². The molecule has 2 saturated heterocycles. The first-order valence-corrected chi connectivity index (χ1v) is 10.3. The summed E-state index contributed by atoms with van der Waals surface area (Å²) in [5.74, 6) is 0.473. The summed E-state index contributed by atoms with van der Waals surface area (Å²) in [5, 5.41) is 0. The summed E-state index contributed by atoms with van der Waals surface area (Å²) in [6.07, 6.45) is 3.53. The van der Waals surface area contributed by atoms with E-state index in [1.807, 2.05) is 30.3 Å². The third-order valence-corrected chi connectivity index (χ3v) is 6.19.